The van der Waals surface area contributed by atoms with Gasteiger partial charge in [-0.2, -0.15) is 5.26 Å². The second-order valence-electron chi connectivity index (χ2n) is 4.93. The molecule has 0 aromatic heterocycles. The molecular weight excluding hydrogens is 326 g/mol. The van der Waals surface area contributed by atoms with Crippen molar-refractivity contribution < 1.29 is 0 Å². The summed E-state index contributed by atoms with van der Waals surface area (Å²) in [7, 11) is 3.99. The molecule has 4 heteroatoms. The van der Waals surface area contributed by atoms with Crippen LogP contribution in [-0.2, 0) is 0 Å². The van der Waals surface area contributed by atoms with E-state index in [0.717, 1.165) is 15.8 Å². The van der Waals surface area contributed by atoms with Crippen LogP contribution in [0.2, 0.25) is 0 Å². The molecule has 0 aliphatic heterocycles. The molecule has 21 heavy (non-hydrogen) atoms. The largest absolute Gasteiger partial charge is 0.344 e. The van der Waals surface area contributed by atoms with Gasteiger partial charge in [0.15, 0.2) is 0 Å². The lowest BCUT2D eigenvalue weighted by molar-refractivity contribution is 0.652. The maximum Gasteiger partial charge on any atom is 0.0991 e. The van der Waals surface area contributed by atoms with Crippen LogP contribution in [0.1, 0.15) is 24.1 Å². The van der Waals surface area contributed by atoms with Crippen molar-refractivity contribution in [2.75, 3.05) is 19.0 Å². The van der Waals surface area contributed by atoms with Gasteiger partial charge >= 0.3 is 0 Å². The molecule has 1 unspecified atom stereocenters. The molecule has 0 saturated carbocycles. The first kappa shape index (κ1) is 15.6. The number of benzene rings is 2. The minimum Gasteiger partial charge on any atom is -0.344 e. The summed E-state index contributed by atoms with van der Waals surface area (Å²) in [6.07, 6.45) is 0. The molecule has 0 bridgehead atoms. The van der Waals surface area contributed by atoms with Crippen molar-refractivity contribution in [2.24, 2.45) is 0 Å². The zero-order chi connectivity index (χ0) is 15.4. The summed E-state index contributed by atoms with van der Waals surface area (Å²) in [4.78, 5) is 2.13. The van der Waals surface area contributed by atoms with Crippen molar-refractivity contribution in [1.29, 1.82) is 5.26 Å². The predicted molar refractivity (Wildman–Crippen MR) is 90.8 cm³/mol. The minimum absolute atomic E-state index is 0.258. The summed E-state index contributed by atoms with van der Waals surface area (Å²) in [6, 6.07) is 16.3. The zero-order valence-electron chi connectivity index (χ0n) is 12.4. The van der Waals surface area contributed by atoms with Crippen molar-refractivity contribution in [3.05, 3.63) is 58.1 Å². The van der Waals surface area contributed by atoms with Crippen LogP contribution >= 0.6 is 15.9 Å². The summed E-state index contributed by atoms with van der Waals surface area (Å²) in [5, 5.41) is 12.2. The fraction of sp³-hybridized carbons (Fsp3) is 0.235. The Kier molecular flexibility index (Phi) is 5.00. The Hall–Kier alpha value is -1.83. The Labute approximate surface area is 134 Å². The van der Waals surface area contributed by atoms with Crippen molar-refractivity contribution in [1.82, 2.24) is 5.32 Å². The minimum atomic E-state index is 0.258. The molecule has 108 valence electrons. The predicted octanol–water partition coefficient (Wildman–Crippen LogP) is 4.37. The van der Waals surface area contributed by atoms with Crippen LogP contribution in [0.4, 0.5) is 11.4 Å². The van der Waals surface area contributed by atoms with Crippen molar-refractivity contribution in [2.45, 2.75) is 13.0 Å². The Bertz CT molecular complexity index is 659. The highest BCUT2D eigenvalue weighted by Gasteiger charge is 2.14. The molecule has 3 nitrogen and oxygen atoms in total. The van der Waals surface area contributed by atoms with Crippen LogP contribution in [-0.4, -0.2) is 14.1 Å². The Morgan fingerprint density at radius 1 is 1.19 bits per heavy atom. The summed E-state index contributed by atoms with van der Waals surface area (Å²) in [6.45, 7) is 2.14. The highest BCUT2D eigenvalue weighted by Crippen LogP contribution is 2.33. The number of anilines is 2. The van der Waals surface area contributed by atoms with E-state index in [9.17, 15) is 0 Å². The molecule has 0 fully saturated rings. The third-order valence-corrected chi connectivity index (χ3v) is 4.13. The van der Waals surface area contributed by atoms with Gasteiger partial charge in [0.05, 0.1) is 11.6 Å². The zero-order valence-corrected chi connectivity index (χ0v) is 14.0. The molecule has 0 amide bonds. The van der Waals surface area contributed by atoms with E-state index >= 15 is 0 Å². The number of hydrogen-bond donors (Lipinski definition) is 1. The van der Waals surface area contributed by atoms with Crippen LogP contribution in [0.25, 0.3) is 0 Å². The second-order valence-corrected chi connectivity index (χ2v) is 5.85. The van der Waals surface area contributed by atoms with Gasteiger partial charge in [-0.3, -0.25) is 0 Å². The molecule has 0 heterocycles. The lowest BCUT2D eigenvalue weighted by Crippen LogP contribution is -2.18. The molecule has 0 saturated heterocycles. The number of halogens is 1. The smallest absolute Gasteiger partial charge is 0.0991 e. The van der Waals surface area contributed by atoms with E-state index in [4.69, 9.17) is 5.26 Å². The van der Waals surface area contributed by atoms with E-state index in [1.807, 2.05) is 38.4 Å². The molecule has 0 aliphatic rings. The van der Waals surface area contributed by atoms with Gasteiger partial charge in [-0.15, -0.1) is 0 Å². The standard InChI is InChI=1S/C17H18BrN3/c1-12(20-2)16-9-6-14(18)10-17(16)21(3)15-7-4-13(11-19)5-8-15/h4-10,12,20H,1-3H3. The van der Waals surface area contributed by atoms with Crippen LogP contribution in [0.15, 0.2) is 46.9 Å². The molecule has 0 radical (unpaired) electrons. The van der Waals surface area contributed by atoms with E-state index in [-0.39, 0.29) is 6.04 Å². The second kappa shape index (κ2) is 6.75. The fourth-order valence-electron chi connectivity index (χ4n) is 2.23. The van der Waals surface area contributed by atoms with E-state index in [0.29, 0.717) is 5.56 Å². The van der Waals surface area contributed by atoms with E-state index < -0.39 is 0 Å². The molecule has 2 aromatic carbocycles. The SMILES string of the molecule is CNC(C)c1ccc(Br)cc1N(C)c1ccc(C#N)cc1. The first-order valence-electron chi connectivity index (χ1n) is 6.77. The molecule has 2 aromatic rings. The van der Waals surface area contributed by atoms with Crippen molar-refractivity contribution >= 4 is 27.3 Å². The van der Waals surface area contributed by atoms with Crippen LogP contribution in [0, 0.1) is 11.3 Å². The monoisotopic (exact) mass is 343 g/mol. The molecule has 1 atom stereocenters. The third kappa shape index (κ3) is 3.44. The fourth-order valence-corrected chi connectivity index (χ4v) is 2.58. The van der Waals surface area contributed by atoms with Gasteiger partial charge in [-0.05, 0) is 55.9 Å². The molecule has 1 N–H and O–H groups in total. The van der Waals surface area contributed by atoms with Gasteiger partial charge in [0.25, 0.3) is 0 Å². The van der Waals surface area contributed by atoms with E-state index in [2.05, 4.69) is 57.3 Å². The van der Waals surface area contributed by atoms with Crippen molar-refractivity contribution in [3.63, 3.8) is 0 Å². The number of nitrogens with zero attached hydrogens (tertiary/aromatic N) is 2. The first-order chi connectivity index (χ1) is 10.1. The van der Waals surface area contributed by atoms with Gasteiger partial charge in [0, 0.05) is 28.9 Å². The summed E-state index contributed by atoms with van der Waals surface area (Å²) < 4.78 is 1.05. The molecule has 0 aliphatic carbocycles. The van der Waals surface area contributed by atoms with Crippen molar-refractivity contribution in [3.8, 4) is 6.07 Å². The van der Waals surface area contributed by atoms with Gasteiger partial charge in [-0.1, -0.05) is 22.0 Å². The molecule has 2 rings (SSSR count). The van der Waals surface area contributed by atoms with E-state index in [1.54, 1.807) is 0 Å². The Morgan fingerprint density at radius 3 is 2.43 bits per heavy atom. The summed E-state index contributed by atoms with van der Waals surface area (Å²) in [5.74, 6) is 0. The maximum atomic E-state index is 8.89. The number of rotatable bonds is 4. The topological polar surface area (TPSA) is 39.1 Å². The molecular formula is C17H18BrN3. The summed E-state index contributed by atoms with van der Waals surface area (Å²) >= 11 is 3.54. The average molecular weight is 344 g/mol. The number of nitrogens with one attached hydrogen (secondary N) is 1. The Balaban J connectivity index is 2.43. The average Bonchev–Trinajstić information content (AvgIpc) is 2.53. The van der Waals surface area contributed by atoms with Gasteiger partial charge in [-0.25, -0.2) is 0 Å². The van der Waals surface area contributed by atoms with Gasteiger partial charge < -0.3 is 10.2 Å². The van der Waals surface area contributed by atoms with E-state index in [1.165, 1.54) is 5.56 Å². The normalized spacial score (nSPS) is 11.8. The van der Waals surface area contributed by atoms with Gasteiger partial charge in [0.2, 0.25) is 0 Å². The summed E-state index contributed by atoms with van der Waals surface area (Å²) in [5.41, 5.74) is 4.09. The van der Waals surface area contributed by atoms with Crippen LogP contribution in [0.3, 0.4) is 0 Å². The first-order valence-corrected chi connectivity index (χ1v) is 7.56. The lowest BCUT2D eigenvalue weighted by atomic mass is 10.0. The van der Waals surface area contributed by atoms with Gasteiger partial charge in [0.1, 0.15) is 0 Å². The highest BCUT2D eigenvalue weighted by atomic mass is 79.9. The van der Waals surface area contributed by atoms with Crippen LogP contribution < -0.4 is 10.2 Å². The number of nitriles is 1. The quantitative estimate of drug-likeness (QED) is 0.895. The van der Waals surface area contributed by atoms with Crippen LogP contribution in [0.5, 0.6) is 0 Å². The maximum absolute atomic E-state index is 8.89. The lowest BCUT2D eigenvalue weighted by Gasteiger charge is -2.25. The highest BCUT2D eigenvalue weighted by molar-refractivity contribution is 9.10. The number of hydrogen-bond acceptors (Lipinski definition) is 3. The molecule has 0 spiro atoms. The Morgan fingerprint density at radius 2 is 1.86 bits per heavy atom. The third-order valence-electron chi connectivity index (χ3n) is 3.64.